The van der Waals surface area contributed by atoms with Crippen molar-refractivity contribution in [3.05, 3.63) is 18.2 Å². The van der Waals surface area contributed by atoms with E-state index in [2.05, 4.69) is 24.1 Å². The van der Waals surface area contributed by atoms with E-state index in [9.17, 15) is 0 Å². The second kappa shape index (κ2) is 8.69. The summed E-state index contributed by atoms with van der Waals surface area (Å²) in [5.74, 6) is 0.755. The molecule has 4 heteroatoms. The molecule has 1 aromatic carbocycles. The maximum atomic E-state index is 5.91. The molecular weight excluding hydrogens is 250 g/mol. The van der Waals surface area contributed by atoms with E-state index in [1.54, 1.807) is 0 Å². The average molecular weight is 279 g/mol. The van der Waals surface area contributed by atoms with Gasteiger partial charge in [-0.3, -0.25) is 0 Å². The van der Waals surface area contributed by atoms with Gasteiger partial charge in [0.25, 0.3) is 0 Å². The first kappa shape index (κ1) is 16.6. The van der Waals surface area contributed by atoms with E-state index in [0.717, 1.165) is 37.6 Å². The van der Waals surface area contributed by atoms with Gasteiger partial charge in [-0.1, -0.05) is 13.8 Å². The largest absolute Gasteiger partial charge is 0.489 e. The van der Waals surface area contributed by atoms with Crippen LogP contribution in [-0.4, -0.2) is 37.2 Å². The van der Waals surface area contributed by atoms with Crippen LogP contribution in [0.3, 0.4) is 0 Å². The van der Waals surface area contributed by atoms with Crippen molar-refractivity contribution < 1.29 is 4.74 Å². The molecule has 1 rings (SSSR count). The number of hydrogen-bond donors (Lipinski definition) is 2. The van der Waals surface area contributed by atoms with Crippen molar-refractivity contribution in [1.82, 2.24) is 4.90 Å². The fourth-order valence-electron chi connectivity index (χ4n) is 2.10. The van der Waals surface area contributed by atoms with Gasteiger partial charge in [0.15, 0.2) is 0 Å². The van der Waals surface area contributed by atoms with Gasteiger partial charge in [0, 0.05) is 24.8 Å². The van der Waals surface area contributed by atoms with E-state index in [0.29, 0.717) is 5.69 Å². The number of nitrogens with one attached hydrogen (secondary N) is 1. The molecule has 0 radical (unpaired) electrons. The van der Waals surface area contributed by atoms with Crippen LogP contribution in [0.4, 0.5) is 11.4 Å². The van der Waals surface area contributed by atoms with Crippen LogP contribution in [0.2, 0.25) is 0 Å². The Labute approximate surface area is 123 Å². The zero-order valence-corrected chi connectivity index (χ0v) is 13.3. The summed E-state index contributed by atoms with van der Waals surface area (Å²) in [6.45, 7) is 12.7. The summed E-state index contributed by atoms with van der Waals surface area (Å²) in [5.41, 5.74) is 7.66. The van der Waals surface area contributed by atoms with Crippen LogP contribution < -0.4 is 15.8 Å². The second-order valence-electron chi connectivity index (χ2n) is 5.28. The van der Waals surface area contributed by atoms with Gasteiger partial charge in [0.1, 0.15) is 5.75 Å². The molecule has 0 spiro atoms. The van der Waals surface area contributed by atoms with Crippen molar-refractivity contribution in [2.75, 3.05) is 37.2 Å². The number of benzene rings is 1. The molecule has 0 amide bonds. The number of anilines is 2. The predicted octanol–water partition coefficient (Wildman–Crippen LogP) is 3.20. The normalized spacial score (nSPS) is 11.1. The molecule has 0 atom stereocenters. The van der Waals surface area contributed by atoms with Crippen LogP contribution in [-0.2, 0) is 0 Å². The standard InChI is InChI=1S/C16H29N3O/c1-5-10-19(6-2)11-9-18-14-7-8-15(17)16(12-14)20-13(3)4/h7-8,12-13,18H,5-6,9-11,17H2,1-4H3. The summed E-state index contributed by atoms with van der Waals surface area (Å²) >= 11 is 0. The number of rotatable bonds is 9. The lowest BCUT2D eigenvalue weighted by Gasteiger charge is -2.20. The van der Waals surface area contributed by atoms with Crippen molar-refractivity contribution in [1.29, 1.82) is 0 Å². The van der Waals surface area contributed by atoms with Crippen molar-refractivity contribution in [2.24, 2.45) is 0 Å². The van der Waals surface area contributed by atoms with Gasteiger partial charge < -0.3 is 20.7 Å². The molecule has 20 heavy (non-hydrogen) atoms. The summed E-state index contributed by atoms with van der Waals surface area (Å²) in [4.78, 5) is 2.44. The van der Waals surface area contributed by atoms with E-state index >= 15 is 0 Å². The summed E-state index contributed by atoms with van der Waals surface area (Å²) in [6.07, 6.45) is 1.33. The van der Waals surface area contributed by atoms with E-state index in [-0.39, 0.29) is 6.10 Å². The van der Waals surface area contributed by atoms with E-state index in [4.69, 9.17) is 10.5 Å². The number of nitrogens with zero attached hydrogens (tertiary/aromatic N) is 1. The maximum absolute atomic E-state index is 5.91. The molecule has 0 aromatic heterocycles. The van der Waals surface area contributed by atoms with Crippen LogP contribution in [0.5, 0.6) is 5.75 Å². The second-order valence-corrected chi connectivity index (χ2v) is 5.28. The molecule has 4 nitrogen and oxygen atoms in total. The third kappa shape index (κ3) is 5.70. The fraction of sp³-hybridized carbons (Fsp3) is 0.625. The highest BCUT2D eigenvalue weighted by atomic mass is 16.5. The Hall–Kier alpha value is -1.42. The quantitative estimate of drug-likeness (QED) is 0.682. The topological polar surface area (TPSA) is 50.5 Å². The maximum Gasteiger partial charge on any atom is 0.144 e. The molecule has 0 fully saturated rings. The molecule has 3 N–H and O–H groups in total. The first-order valence-corrected chi connectivity index (χ1v) is 7.59. The molecule has 0 bridgehead atoms. The Bertz CT molecular complexity index is 393. The number of nitrogen functional groups attached to an aromatic ring is 1. The SMILES string of the molecule is CCCN(CC)CCNc1ccc(N)c(OC(C)C)c1. The van der Waals surface area contributed by atoms with Gasteiger partial charge in [-0.25, -0.2) is 0 Å². The lowest BCUT2D eigenvalue weighted by molar-refractivity contribution is 0.244. The Morgan fingerprint density at radius 1 is 1.25 bits per heavy atom. The molecule has 0 unspecified atom stereocenters. The van der Waals surface area contributed by atoms with Crippen LogP contribution in [0.25, 0.3) is 0 Å². The minimum Gasteiger partial charge on any atom is -0.489 e. The summed E-state index contributed by atoms with van der Waals surface area (Å²) in [6, 6.07) is 5.87. The zero-order valence-electron chi connectivity index (χ0n) is 13.3. The first-order valence-electron chi connectivity index (χ1n) is 7.59. The molecule has 0 aliphatic heterocycles. The van der Waals surface area contributed by atoms with E-state index < -0.39 is 0 Å². The summed E-state index contributed by atoms with van der Waals surface area (Å²) in [7, 11) is 0. The third-order valence-electron chi connectivity index (χ3n) is 3.12. The van der Waals surface area contributed by atoms with E-state index in [1.807, 2.05) is 32.0 Å². The Morgan fingerprint density at radius 2 is 2.00 bits per heavy atom. The lowest BCUT2D eigenvalue weighted by Crippen LogP contribution is -2.29. The molecule has 114 valence electrons. The monoisotopic (exact) mass is 279 g/mol. The van der Waals surface area contributed by atoms with Crippen LogP contribution in [0.15, 0.2) is 18.2 Å². The van der Waals surface area contributed by atoms with Crippen molar-refractivity contribution in [3.63, 3.8) is 0 Å². The number of nitrogens with two attached hydrogens (primary N) is 1. The first-order chi connectivity index (χ1) is 9.56. The van der Waals surface area contributed by atoms with Crippen molar-refractivity contribution in [2.45, 2.75) is 40.2 Å². The minimum absolute atomic E-state index is 0.132. The lowest BCUT2D eigenvalue weighted by atomic mass is 10.2. The Morgan fingerprint density at radius 3 is 2.60 bits per heavy atom. The van der Waals surface area contributed by atoms with Crippen molar-refractivity contribution >= 4 is 11.4 Å². The van der Waals surface area contributed by atoms with Crippen LogP contribution >= 0.6 is 0 Å². The molecule has 0 heterocycles. The van der Waals surface area contributed by atoms with E-state index in [1.165, 1.54) is 6.42 Å². The van der Waals surface area contributed by atoms with Crippen LogP contribution in [0.1, 0.15) is 34.1 Å². The Balaban J connectivity index is 2.51. The molecule has 1 aromatic rings. The number of ether oxygens (including phenoxy) is 1. The van der Waals surface area contributed by atoms with Crippen molar-refractivity contribution in [3.8, 4) is 5.75 Å². The zero-order chi connectivity index (χ0) is 15.0. The smallest absolute Gasteiger partial charge is 0.144 e. The van der Waals surface area contributed by atoms with Gasteiger partial charge in [-0.05, 0) is 45.5 Å². The highest BCUT2D eigenvalue weighted by Crippen LogP contribution is 2.26. The highest BCUT2D eigenvalue weighted by Gasteiger charge is 2.05. The molecule has 0 aliphatic carbocycles. The van der Waals surface area contributed by atoms with Gasteiger partial charge in [0.05, 0.1) is 11.8 Å². The van der Waals surface area contributed by atoms with Crippen LogP contribution in [0, 0.1) is 0 Å². The number of hydrogen-bond acceptors (Lipinski definition) is 4. The highest BCUT2D eigenvalue weighted by molar-refractivity contribution is 5.61. The third-order valence-corrected chi connectivity index (χ3v) is 3.12. The van der Waals surface area contributed by atoms with Gasteiger partial charge in [-0.15, -0.1) is 0 Å². The molecule has 0 saturated carbocycles. The molecule has 0 aliphatic rings. The van der Waals surface area contributed by atoms with Gasteiger partial charge in [0.2, 0.25) is 0 Å². The molecular formula is C16H29N3O. The Kier molecular flexibility index (Phi) is 7.23. The molecule has 0 saturated heterocycles. The average Bonchev–Trinajstić information content (AvgIpc) is 2.40. The number of likely N-dealkylation sites (N-methyl/N-ethyl adjacent to an activating group) is 1. The van der Waals surface area contributed by atoms with Gasteiger partial charge in [-0.2, -0.15) is 0 Å². The summed E-state index contributed by atoms with van der Waals surface area (Å²) in [5, 5.41) is 3.43. The summed E-state index contributed by atoms with van der Waals surface area (Å²) < 4.78 is 5.70. The predicted molar refractivity (Wildman–Crippen MR) is 87.5 cm³/mol. The minimum atomic E-state index is 0.132. The van der Waals surface area contributed by atoms with Gasteiger partial charge >= 0.3 is 0 Å². The fourth-order valence-corrected chi connectivity index (χ4v) is 2.10.